The third-order valence-corrected chi connectivity index (χ3v) is 6.25. The molecule has 31 heavy (non-hydrogen) atoms. The first-order valence-corrected chi connectivity index (χ1v) is 11.0. The van der Waals surface area contributed by atoms with Crippen molar-refractivity contribution in [3.8, 4) is 11.6 Å². The Labute approximate surface area is 181 Å². The average molecular weight is 430 g/mol. The fourth-order valence-corrected chi connectivity index (χ4v) is 4.53. The second-order valence-corrected chi connectivity index (χ2v) is 8.46. The van der Waals surface area contributed by atoms with Gasteiger partial charge in [-0.3, -0.25) is 4.79 Å². The maximum Gasteiger partial charge on any atom is 0.224 e. The van der Waals surface area contributed by atoms with Gasteiger partial charge in [-0.15, -0.1) is 0 Å². The molecular formula is C23H28F2N4O2. The second-order valence-electron chi connectivity index (χ2n) is 8.46. The van der Waals surface area contributed by atoms with Crippen LogP contribution in [0.2, 0.25) is 0 Å². The van der Waals surface area contributed by atoms with Crippen molar-refractivity contribution in [2.24, 2.45) is 5.92 Å². The highest BCUT2D eigenvalue weighted by Gasteiger charge is 2.28. The molecule has 6 nitrogen and oxygen atoms in total. The Balaban J connectivity index is 1.34. The molecule has 2 aliphatic rings. The molecule has 166 valence electrons. The van der Waals surface area contributed by atoms with Crippen LogP contribution in [0.3, 0.4) is 0 Å². The minimum absolute atomic E-state index is 0.0790. The first-order valence-electron chi connectivity index (χ1n) is 11.0. The van der Waals surface area contributed by atoms with Crippen LogP contribution in [0, 0.1) is 17.6 Å². The zero-order valence-electron chi connectivity index (χ0n) is 17.8. The van der Waals surface area contributed by atoms with Crippen LogP contribution in [-0.2, 0) is 4.79 Å². The van der Waals surface area contributed by atoms with Crippen molar-refractivity contribution in [1.82, 2.24) is 14.9 Å². The first kappa shape index (κ1) is 21.5. The summed E-state index contributed by atoms with van der Waals surface area (Å²) in [7, 11) is 0. The van der Waals surface area contributed by atoms with Crippen molar-refractivity contribution >= 4 is 11.7 Å². The minimum Gasteiger partial charge on any atom is -0.439 e. The van der Waals surface area contributed by atoms with E-state index in [-0.39, 0.29) is 23.6 Å². The van der Waals surface area contributed by atoms with Gasteiger partial charge in [0.15, 0.2) is 11.6 Å². The topological polar surface area (TPSA) is 58.6 Å². The Bertz CT molecular complexity index is 920. The quantitative estimate of drug-likeness (QED) is 0.673. The summed E-state index contributed by atoms with van der Waals surface area (Å²) >= 11 is 0. The Morgan fingerprint density at radius 1 is 1.13 bits per heavy atom. The van der Waals surface area contributed by atoms with Crippen LogP contribution in [0.5, 0.6) is 11.6 Å². The second kappa shape index (κ2) is 9.58. The lowest BCUT2D eigenvalue weighted by Gasteiger charge is -2.40. The number of nitrogens with zero attached hydrogens (tertiary/aromatic N) is 4. The molecule has 1 amide bonds. The van der Waals surface area contributed by atoms with Crippen LogP contribution < -0.4 is 9.64 Å². The number of carbonyl (C=O) groups excluding carboxylic acids is 1. The lowest BCUT2D eigenvalue weighted by molar-refractivity contribution is -0.133. The Hall–Kier alpha value is -2.77. The van der Waals surface area contributed by atoms with Gasteiger partial charge in [-0.2, -0.15) is 0 Å². The highest BCUT2D eigenvalue weighted by atomic mass is 19.2. The van der Waals surface area contributed by atoms with E-state index in [0.29, 0.717) is 31.9 Å². The van der Waals surface area contributed by atoms with Gasteiger partial charge >= 0.3 is 0 Å². The number of carbonyl (C=O) groups is 1. The maximum atomic E-state index is 13.4. The average Bonchev–Trinajstić information content (AvgIpc) is 3.28. The number of hydrogen-bond donors (Lipinski definition) is 0. The molecule has 4 rings (SSSR count). The highest BCUT2D eigenvalue weighted by molar-refractivity contribution is 5.77. The van der Waals surface area contributed by atoms with Crippen LogP contribution in [0.15, 0.2) is 30.6 Å². The van der Waals surface area contributed by atoms with Gasteiger partial charge in [-0.1, -0.05) is 25.7 Å². The van der Waals surface area contributed by atoms with Crippen LogP contribution in [0.4, 0.5) is 14.6 Å². The standard InChI is InChI=1S/C23H28F2N4O2/c1-16-14-28(10-11-29(16)23(30)9-6-17-4-2-3-5-17)21-13-22(27-15-26-21)31-18-7-8-19(24)20(25)12-18/h7-8,12-13,15-17H,2-6,9-11,14H2,1H3. The van der Waals surface area contributed by atoms with Crippen molar-refractivity contribution in [3.05, 3.63) is 42.2 Å². The molecule has 1 aromatic heterocycles. The highest BCUT2D eigenvalue weighted by Crippen LogP contribution is 2.29. The monoisotopic (exact) mass is 430 g/mol. The summed E-state index contributed by atoms with van der Waals surface area (Å²) in [5, 5.41) is 0. The summed E-state index contributed by atoms with van der Waals surface area (Å²) in [6, 6.07) is 5.09. The summed E-state index contributed by atoms with van der Waals surface area (Å²) in [6.07, 6.45) is 8.15. The third kappa shape index (κ3) is 5.29. The molecule has 1 unspecified atom stereocenters. The number of halogens is 2. The molecule has 1 aromatic carbocycles. The molecule has 1 saturated carbocycles. The van der Waals surface area contributed by atoms with Gasteiger partial charge < -0.3 is 14.5 Å². The van der Waals surface area contributed by atoms with Crippen molar-refractivity contribution in [3.63, 3.8) is 0 Å². The van der Waals surface area contributed by atoms with Crippen molar-refractivity contribution in [2.75, 3.05) is 24.5 Å². The number of anilines is 1. The van der Waals surface area contributed by atoms with Crippen LogP contribution in [-0.4, -0.2) is 46.5 Å². The normalized spacial score (nSPS) is 19.6. The number of rotatable bonds is 6. The number of hydrogen-bond acceptors (Lipinski definition) is 5. The Morgan fingerprint density at radius 3 is 2.68 bits per heavy atom. The fourth-order valence-electron chi connectivity index (χ4n) is 4.53. The molecule has 2 aromatic rings. The van der Waals surface area contributed by atoms with Gasteiger partial charge in [0.2, 0.25) is 11.8 Å². The van der Waals surface area contributed by atoms with Gasteiger partial charge in [0.25, 0.3) is 0 Å². The van der Waals surface area contributed by atoms with E-state index < -0.39 is 11.6 Å². The largest absolute Gasteiger partial charge is 0.439 e. The molecule has 1 atom stereocenters. The van der Waals surface area contributed by atoms with E-state index in [9.17, 15) is 13.6 Å². The van der Waals surface area contributed by atoms with Crippen LogP contribution >= 0.6 is 0 Å². The van der Waals surface area contributed by atoms with E-state index in [1.807, 2.05) is 4.90 Å². The summed E-state index contributed by atoms with van der Waals surface area (Å²) < 4.78 is 32.1. The lowest BCUT2D eigenvalue weighted by atomic mass is 10.0. The van der Waals surface area contributed by atoms with E-state index >= 15 is 0 Å². The summed E-state index contributed by atoms with van der Waals surface area (Å²) in [5.41, 5.74) is 0. The molecule has 0 bridgehead atoms. The van der Waals surface area contributed by atoms with Gasteiger partial charge in [0.05, 0.1) is 0 Å². The third-order valence-electron chi connectivity index (χ3n) is 6.25. The van der Waals surface area contributed by atoms with Gasteiger partial charge in [0, 0.05) is 44.2 Å². The Kier molecular flexibility index (Phi) is 6.63. The van der Waals surface area contributed by atoms with E-state index in [2.05, 4.69) is 21.8 Å². The summed E-state index contributed by atoms with van der Waals surface area (Å²) in [5.74, 6) is 0.138. The number of amides is 1. The molecule has 2 heterocycles. The van der Waals surface area contributed by atoms with Crippen LogP contribution in [0.25, 0.3) is 0 Å². The number of piperazine rings is 1. The van der Waals surface area contributed by atoms with E-state index in [1.165, 1.54) is 38.1 Å². The molecule has 2 fully saturated rings. The van der Waals surface area contributed by atoms with Crippen molar-refractivity contribution < 1.29 is 18.3 Å². The lowest BCUT2D eigenvalue weighted by Crippen LogP contribution is -2.54. The van der Waals surface area contributed by atoms with Gasteiger partial charge in [-0.25, -0.2) is 18.7 Å². The minimum atomic E-state index is -0.977. The molecule has 8 heteroatoms. The summed E-state index contributed by atoms with van der Waals surface area (Å²) in [6.45, 7) is 4.03. The molecule has 0 spiro atoms. The fraction of sp³-hybridized carbons (Fsp3) is 0.522. The SMILES string of the molecule is CC1CN(c2cc(Oc3ccc(F)c(F)c3)ncn2)CCN1C(=O)CCC1CCCC1. The molecular weight excluding hydrogens is 402 g/mol. The van der Waals surface area contributed by atoms with E-state index in [0.717, 1.165) is 24.5 Å². The van der Waals surface area contributed by atoms with Crippen molar-refractivity contribution in [2.45, 2.75) is 51.5 Å². The molecule has 1 saturated heterocycles. The first-order chi connectivity index (χ1) is 15.0. The molecule has 1 aliphatic carbocycles. The predicted octanol–water partition coefficient (Wildman–Crippen LogP) is 4.55. The van der Waals surface area contributed by atoms with Crippen LogP contribution in [0.1, 0.15) is 45.4 Å². The van der Waals surface area contributed by atoms with E-state index in [4.69, 9.17) is 4.74 Å². The molecule has 0 radical (unpaired) electrons. The predicted molar refractivity (Wildman–Crippen MR) is 113 cm³/mol. The van der Waals surface area contributed by atoms with Gasteiger partial charge in [-0.05, 0) is 31.4 Å². The van der Waals surface area contributed by atoms with E-state index in [1.54, 1.807) is 6.07 Å². The maximum absolute atomic E-state index is 13.4. The smallest absolute Gasteiger partial charge is 0.224 e. The zero-order valence-corrected chi connectivity index (χ0v) is 17.8. The zero-order chi connectivity index (χ0) is 21.8. The number of benzene rings is 1. The Morgan fingerprint density at radius 2 is 1.94 bits per heavy atom. The number of ether oxygens (including phenoxy) is 1. The number of aromatic nitrogens is 2. The van der Waals surface area contributed by atoms with Crippen molar-refractivity contribution in [1.29, 1.82) is 0 Å². The van der Waals surface area contributed by atoms with Gasteiger partial charge in [0.1, 0.15) is 17.9 Å². The summed E-state index contributed by atoms with van der Waals surface area (Å²) in [4.78, 5) is 25.2. The molecule has 0 N–H and O–H groups in total. The molecule has 1 aliphatic heterocycles.